The second kappa shape index (κ2) is 12.9. The number of aryl methyl sites for hydroxylation is 1. The van der Waals surface area contributed by atoms with Gasteiger partial charge in [-0.15, -0.1) is 22.0 Å². The Bertz CT molecular complexity index is 771. The maximum Gasteiger partial charge on any atom is 0.191 e. The fraction of sp³-hybridized carbons (Fsp3) is 0.591. The number of aliphatic imine (C=N–C) groups is 1. The zero-order valence-electron chi connectivity index (χ0n) is 18.1. The van der Waals surface area contributed by atoms with E-state index in [2.05, 4.69) is 68.9 Å². The van der Waals surface area contributed by atoms with Gasteiger partial charge in [-0.25, -0.2) is 0 Å². The molecule has 2 aromatic rings. The minimum Gasteiger partial charge on any atom is -0.357 e. The second-order valence-electron chi connectivity index (χ2n) is 7.36. The summed E-state index contributed by atoms with van der Waals surface area (Å²) in [5.41, 5.74) is 0. The van der Waals surface area contributed by atoms with E-state index in [1.54, 1.807) is 11.8 Å². The molecule has 1 fully saturated rings. The zero-order valence-corrected chi connectivity index (χ0v) is 19.8. The van der Waals surface area contributed by atoms with Crippen LogP contribution in [0.2, 0.25) is 0 Å². The van der Waals surface area contributed by atoms with Crippen LogP contribution in [0.25, 0.3) is 0 Å². The van der Waals surface area contributed by atoms with Crippen molar-refractivity contribution in [3.63, 3.8) is 0 Å². The third-order valence-corrected chi connectivity index (χ3v) is 6.84. The number of guanidine groups is 1. The van der Waals surface area contributed by atoms with Crippen LogP contribution in [0.5, 0.6) is 0 Å². The first kappa shape index (κ1) is 23.0. The van der Waals surface area contributed by atoms with Crippen LogP contribution in [-0.4, -0.2) is 52.4 Å². The molecule has 0 bridgehead atoms. The van der Waals surface area contributed by atoms with Crippen LogP contribution < -0.4 is 10.6 Å². The normalized spacial score (nSPS) is 14.9. The molecule has 30 heavy (non-hydrogen) atoms. The molecule has 6 nitrogen and oxygen atoms in total. The highest BCUT2D eigenvalue weighted by Gasteiger charge is 2.23. The summed E-state index contributed by atoms with van der Waals surface area (Å²) in [6, 6.07) is 11.1. The zero-order chi connectivity index (χ0) is 21.0. The van der Waals surface area contributed by atoms with E-state index in [-0.39, 0.29) is 0 Å². The molecular formula is C22H34N6S2. The molecule has 1 saturated carbocycles. The van der Waals surface area contributed by atoms with Gasteiger partial charge in [-0.05, 0) is 44.6 Å². The van der Waals surface area contributed by atoms with E-state index in [1.165, 1.54) is 30.6 Å². The molecule has 3 rings (SSSR count). The van der Waals surface area contributed by atoms with Gasteiger partial charge in [0.2, 0.25) is 0 Å². The van der Waals surface area contributed by atoms with Crippen LogP contribution in [0.3, 0.4) is 0 Å². The van der Waals surface area contributed by atoms with Gasteiger partial charge in [0.15, 0.2) is 11.1 Å². The molecular weight excluding hydrogens is 412 g/mol. The molecule has 0 saturated heterocycles. The third kappa shape index (κ3) is 6.94. The van der Waals surface area contributed by atoms with Gasteiger partial charge >= 0.3 is 0 Å². The fourth-order valence-electron chi connectivity index (χ4n) is 3.77. The number of nitrogens with zero attached hydrogens (tertiary/aromatic N) is 4. The molecule has 0 aliphatic heterocycles. The van der Waals surface area contributed by atoms with E-state index in [0.29, 0.717) is 6.04 Å². The minimum absolute atomic E-state index is 0.585. The summed E-state index contributed by atoms with van der Waals surface area (Å²) in [7, 11) is 0. The third-order valence-electron chi connectivity index (χ3n) is 5.19. The van der Waals surface area contributed by atoms with Crippen molar-refractivity contribution in [2.24, 2.45) is 4.99 Å². The summed E-state index contributed by atoms with van der Waals surface area (Å²) in [5.74, 6) is 3.03. The van der Waals surface area contributed by atoms with E-state index in [4.69, 9.17) is 4.99 Å². The van der Waals surface area contributed by atoms with Gasteiger partial charge < -0.3 is 15.2 Å². The minimum atomic E-state index is 0.585. The van der Waals surface area contributed by atoms with Gasteiger partial charge in [0.05, 0.1) is 0 Å². The first-order valence-electron chi connectivity index (χ1n) is 11.0. The largest absolute Gasteiger partial charge is 0.357 e. The highest BCUT2D eigenvalue weighted by atomic mass is 32.2. The van der Waals surface area contributed by atoms with Gasteiger partial charge in [0, 0.05) is 42.7 Å². The van der Waals surface area contributed by atoms with E-state index in [9.17, 15) is 0 Å². The molecule has 1 aliphatic carbocycles. The van der Waals surface area contributed by atoms with Crippen LogP contribution in [0, 0.1) is 0 Å². The predicted molar refractivity (Wildman–Crippen MR) is 129 cm³/mol. The van der Waals surface area contributed by atoms with E-state index in [0.717, 1.165) is 55.2 Å². The SMILES string of the molecule is CCNC(=NCCCc1nnc(SC)n1C1CCCC1)NCCSc1ccccc1. The van der Waals surface area contributed by atoms with Crippen LogP contribution in [0.1, 0.15) is 50.9 Å². The van der Waals surface area contributed by atoms with Crippen molar-refractivity contribution in [1.82, 2.24) is 25.4 Å². The number of nitrogens with one attached hydrogen (secondary N) is 2. The van der Waals surface area contributed by atoms with E-state index in [1.807, 2.05) is 11.8 Å². The summed E-state index contributed by atoms with van der Waals surface area (Å²) in [4.78, 5) is 6.05. The molecule has 1 aromatic carbocycles. The first-order valence-corrected chi connectivity index (χ1v) is 13.2. The van der Waals surface area contributed by atoms with Crippen molar-refractivity contribution in [3.05, 3.63) is 36.2 Å². The smallest absolute Gasteiger partial charge is 0.191 e. The predicted octanol–water partition coefficient (Wildman–Crippen LogP) is 4.40. The number of aromatic nitrogens is 3. The lowest BCUT2D eigenvalue weighted by Crippen LogP contribution is -2.38. The topological polar surface area (TPSA) is 67.1 Å². The van der Waals surface area contributed by atoms with Crippen molar-refractivity contribution in [2.45, 2.75) is 61.5 Å². The maximum absolute atomic E-state index is 4.75. The Morgan fingerprint density at radius 3 is 2.70 bits per heavy atom. The number of rotatable bonds is 11. The fourth-order valence-corrected chi connectivity index (χ4v) is 5.13. The highest BCUT2D eigenvalue weighted by Crippen LogP contribution is 2.33. The van der Waals surface area contributed by atoms with Crippen molar-refractivity contribution < 1.29 is 0 Å². The van der Waals surface area contributed by atoms with Crippen molar-refractivity contribution in [1.29, 1.82) is 0 Å². The Hall–Kier alpha value is -1.67. The average Bonchev–Trinajstić information content (AvgIpc) is 3.44. The first-order chi connectivity index (χ1) is 14.8. The van der Waals surface area contributed by atoms with Gasteiger partial charge in [0.1, 0.15) is 5.82 Å². The Morgan fingerprint density at radius 2 is 1.97 bits per heavy atom. The van der Waals surface area contributed by atoms with Gasteiger partial charge in [-0.3, -0.25) is 4.99 Å². The average molecular weight is 447 g/mol. The monoisotopic (exact) mass is 446 g/mol. The molecule has 8 heteroatoms. The Labute approximate surface area is 189 Å². The summed E-state index contributed by atoms with van der Waals surface area (Å²) >= 11 is 3.56. The van der Waals surface area contributed by atoms with Gasteiger partial charge in [0.25, 0.3) is 0 Å². The lowest BCUT2D eigenvalue weighted by molar-refractivity contribution is 0.461. The summed E-state index contributed by atoms with van der Waals surface area (Å²) in [5, 5.41) is 16.7. The standard InChI is InChI=1S/C22H34N6S2/c1-3-23-21(25-16-17-30-19-12-5-4-6-13-19)24-15-9-14-20-26-27-22(29-2)28(20)18-10-7-8-11-18/h4-6,12-13,18H,3,7-11,14-17H2,1-2H3,(H2,23,24,25). The summed E-state index contributed by atoms with van der Waals surface area (Å²) < 4.78 is 2.39. The lowest BCUT2D eigenvalue weighted by Gasteiger charge is -2.16. The Balaban J connectivity index is 1.44. The molecule has 0 unspecified atom stereocenters. The number of benzene rings is 1. The van der Waals surface area contributed by atoms with Gasteiger partial charge in [-0.2, -0.15) is 0 Å². The van der Waals surface area contributed by atoms with Crippen molar-refractivity contribution in [2.75, 3.05) is 31.6 Å². The second-order valence-corrected chi connectivity index (χ2v) is 9.31. The van der Waals surface area contributed by atoms with Crippen LogP contribution in [0.4, 0.5) is 0 Å². The molecule has 1 heterocycles. The van der Waals surface area contributed by atoms with E-state index >= 15 is 0 Å². The van der Waals surface area contributed by atoms with Gasteiger partial charge in [-0.1, -0.05) is 42.8 Å². The Kier molecular flexibility index (Phi) is 9.89. The van der Waals surface area contributed by atoms with Crippen LogP contribution >= 0.6 is 23.5 Å². The number of hydrogen-bond donors (Lipinski definition) is 2. The van der Waals surface area contributed by atoms with E-state index < -0.39 is 0 Å². The lowest BCUT2D eigenvalue weighted by atomic mass is 10.2. The number of thioether (sulfide) groups is 2. The quantitative estimate of drug-likeness (QED) is 0.231. The summed E-state index contributed by atoms with van der Waals surface area (Å²) in [6.45, 7) is 4.64. The molecule has 0 amide bonds. The van der Waals surface area contributed by atoms with Crippen LogP contribution in [-0.2, 0) is 6.42 Å². The highest BCUT2D eigenvalue weighted by molar-refractivity contribution is 7.99. The molecule has 2 N–H and O–H groups in total. The molecule has 1 aromatic heterocycles. The molecule has 164 valence electrons. The number of hydrogen-bond acceptors (Lipinski definition) is 5. The Morgan fingerprint density at radius 1 is 1.17 bits per heavy atom. The van der Waals surface area contributed by atoms with Crippen molar-refractivity contribution in [3.8, 4) is 0 Å². The van der Waals surface area contributed by atoms with Crippen molar-refractivity contribution >= 4 is 29.5 Å². The maximum atomic E-state index is 4.75. The molecule has 0 atom stereocenters. The van der Waals surface area contributed by atoms with Crippen LogP contribution in [0.15, 0.2) is 45.4 Å². The molecule has 0 radical (unpaired) electrons. The molecule has 1 aliphatic rings. The summed E-state index contributed by atoms with van der Waals surface area (Å²) in [6.07, 6.45) is 9.15. The molecule has 0 spiro atoms.